The molecular weight excluding hydrogens is 248 g/mol. The highest BCUT2D eigenvalue weighted by Gasteiger charge is 2.22. The van der Waals surface area contributed by atoms with Crippen LogP contribution in [-0.2, 0) is 17.6 Å². The summed E-state index contributed by atoms with van der Waals surface area (Å²) in [6.07, 6.45) is 5.17. The third-order valence-corrected chi connectivity index (χ3v) is 4.17. The third-order valence-electron chi connectivity index (χ3n) is 4.17. The van der Waals surface area contributed by atoms with Crippen molar-refractivity contribution < 1.29 is 4.79 Å². The van der Waals surface area contributed by atoms with Crippen LogP contribution in [0, 0.1) is 0 Å². The number of benzene rings is 1. The van der Waals surface area contributed by atoms with E-state index in [1.54, 1.807) is 0 Å². The summed E-state index contributed by atoms with van der Waals surface area (Å²) in [5.74, 6) is 0.222. The molecule has 0 bridgehead atoms. The first-order chi connectivity index (χ1) is 9.70. The summed E-state index contributed by atoms with van der Waals surface area (Å²) in [6.45, 7) is 4.16. The maximum absolute atomic E-state index is 12.3. The van der Waals surface area contributed by atoms with Crippen LogP contribution in [-0.4, -0.2) is 37.0 Å². The van der Waals surface area contributed by atoms with Crippen LogP contribution in [0.25, 0.3) is 0 Å². The van der Waals surface area contributed by atoms with Crippen LogP contribution >= 0.6 is 0 Å². The van der Waals surface area contributed by atoms with E-state index in [2.05, 4.69) is 36.5 Å². The van der Waals surface area contributed by atoms with Gasteiger partial charge in [0.1, 0.15) is 0 Å². The number of unbranched alkanes of at least 4 members (excludes halogenated alkanes) is 1. The molecule has 1 N–H and O–H groups in total. The topological polar surface area (TPSA) is 32.3 Å². The molecule has 0 aromatic heterocycles. The fourth-order valence-electron chi connectivity index (χ4n) is 2.68. The highest BCUT2D eigenvalue weighted by atomic mass is 16.2. The first-order valence-corrected chi connectivity index (χ1v) is 7.75. The van der Waals surface area contributed by atoms with Crippen molar-refractivity contribution in [2.24, 2.45) is 0 Å². The van der Waals surface area contributed by atoms with Gasteiger partial charge in [-0.1, -0.05) is 37.6 Å². The Bertz CT molecular complexity index is 421. The van der Waals surface area contributed by atoms with Crippen LogP contribution in [0.5, 0.6) is 0 Å². The van der Waals surface area contributed by atoms with Crippen molar-refractivity contribution in [1.82, 2.24) is 10.2 Å². The zero-order valence-electron chi connectivity index (χ0n) is 12.7. The maximum Gasteiger partial charge on any atom is 0.227 e. The molecule has 1 aromatic rings. The Morgan fingerprint density at radius 3 is 2.60 bits per heavy atom. The van der Waals surface area contributed by atoms with Crippen molar-refractivity contribution in [3.8, 4) is 0 Å². The summed E-state index contributed by atoms with van der Waals surface area (Å²) < 4.78 is 0. The molecule has 1 aliphatic heterocycles. The van der Waals surface area contributed by atoms with E-state index in [9.17, 15) is 4.79 Å². The lowest BCUT2D eigenvalue weighted by molar-refractivity contribution is -0.130. The summed E-state index contributed by atoms with van der Waals surface area (Å²) >= 11 is 0. The summed E-state index contributed by atoms with van der Waals surface area (Å²) in [7, 11) is 1.93. The van der Waals surface area contributed by atoms with Gasteiger partial charge in [0.25, 0.3) is 0 Å². The van der Waals surface area contributed by atoms with Gasteiger partial charge >= 0.3 is 0 Å². The van der Waals surface area contributed by atoms with Crippen LogP contribution in [0.4, 0.5) is 0 Å². The van der Waals surface area contributed by atoms with Gasteiger partial charge in [-0.2, -0.15) is 0 Å². The molecule has 1 amide bonds. The number of hydrogen-bond donors (Lipinski definition) is 1. The minimum Gasteiger partial charge on any atom is -0.341 e. The van der Waals surface area contributed by atoms with Crippen molar-refractivity contribution in [2.75, 3.05) is 20.1 Å². The smallest absolute Gasteiger partial charge is 0.227 e. The molecule has 1 fully saturated rings. The number of hydrogen-bond acceptors (Lipinski definition) is 2. The monoisotopic (exact) mass is 274 g/mol. The van der Waals surface area contributed by atoms with E-state index < -0.39 is 0 Å². The van der Waals surface area contributed by atoms with E-state index in [1.165, 1.54) is 18.4 Å². The zero-order chi connectivity index (χ0) is 14.4. The molecule has 1 aromatic carbocycles. The van der Waals surface area contributed by atoms with Gasteiger partial charge in [-0.3, -0.25) is 4.79 Å². The molecule has 0 spiro atoms. The number of nitrogens with zero attached hydrogens (tertiary/aromatic N) is 1. The Labute approximate surface area is 122 Å². The Morgan fingerprint density at radius 2 is 2.00 bits per heavy atom. The minimum absolute atomic E-state index is 0.222. The Kier molecular flexibility index (Phi) is 5.60. The second-order valence-corrected chi connectivity index (χ2v) is 5.75. The van der Waals surface area contributed by atoms with Crippen LogP contribution in [0.2, 0.25) is 0 Å². The number of likely N-dealkylation sites (N-methyl/N-ethyl adjacent to an activating group) is 1. The molecule has 1 saturated heterocycles. The molecule has 20 heavy (non-hydrogen) atoms. The normalized spacial score (nSPS) is 18.2. The third kappa shape index (κ3) is 4.07. The molecule has 0 aliphatic carbocycles. The van der Waals surface area contributed by atoms with E-state index in [4.69, 9.17) is 0 Å². The average molecular weight is 274 g/mol. The van der Waals surface area contributed by atoms with Crippen molar-refractivity contribution in [2.45, 2.75) is 45.1 Å². The van der Waals surface area contributed by atoms with Gasteiger partial charge in [0, 0.05) is 19.6 Å². The van der Waals surface area contributed by atoms with Crippen LogP contribution < -0.4 is 5.32 Å². The predicted octanol–water partition coefficient (Wildman–Crippen LogP) is 2.39. The first kappa shape index (κ1) is 15.0. The van der Waals surface area contributed by atoms with Crippen molar-refractivity contribution >= 4 is 5.91 Å². The lowest BCUT2D eigenvalue weighted by Gasteiger charge is -2.23. The average Bonchev–Trinajstić information content (AvgIpc) is 3.00. The van der Waals surface area contributed by atoms with Crippen LogP contribution in [0.3, 0.4) is 0 Å². The number of carbonyl (C=O) groups excluding carboxylic acids is 1. The fraction of sp³-hybridized carbons (Fsp3) is 0.588. The van der Waals surface area contributed by atoms with Crippen LogP contribution in [0.15, 0.2) is 24.3 Å². The van der Waals surface area contributed by atoms with Gasteiger partial charge in [0.05, 0.1) is 6.42 Å². The molecular formula is C17H26N2O. The number of aryl methyl sites for hydroxylation is 1. The van der Waals surface area contributed by atoms with Gasteiger partial charge in [0.2, 0.25) is 5.91 Å². The molecule has 2 rings (SSSR count). The molecule has 0 radical (unpaired) electrons. The SMILES string of the molecule is CCCCc1ccc(CC(=O)N(C)C2CCNC2)cc1. The molecule has 1 atom stereocenters. The summed E-state index contributed by atoms with van der Waals surface area (Å²) in [5.41, 5.74) is 2.49. The van der Waals surface area contributed by atoms with E-state index in [-0.39, 0.29) is 5.91 Å². The van der Waals surface area contributed by atoms with Gasteiger partial charge < -0.3 is 10.2 Å². The largest absolute Gasteiger partial charge is 0.341 e. The standard InChI is InChI=1S/C17H26N2O/c1-3-4-5-14-6-8-15(9-7-14)12-17(20)19(2)16-10-11-18-13-16/h6-9,16,18H,3-5,10-13H2,1-2H3. The Morgan fingerprint density at radius 1 is 1.30 bits per heavy atom. The molecule has 0 saturated carbocycles. The number of carbonyl (C=O) groups is 1. The van der Waals surface area contributed by atoms with Gasteiger partial charge in [0.15, 0.2) is 0 Å². The quantitative estimate of drug-likeness (QED) is 0.864. The number of amides is 1. The highest BCUT2D eigenvalue weighted by molar-refractivity contribution is 5.78. The maximum atomic E-state index is 12.3. The second-order valence-electron chi connectivity index (χ2n) is 5.75. The van der Waals surface area contributed by atoms with Crippen LogP contribution in [0.1, 0.15) is 37.3 Å². The number of rotatable bonds is 6. The minimum atomic E-state index is 0.222. The summed E-state index contributed by atoms with van der Waals surface area (Å²) in [4.78, 5) is 14.2. The van der Waals surface area contributed by atoms with E-state index in [0.717, 1.165) is 31.5 Å². The lowest BCUT2D eigenvalue weighted by atomic mass is 10.0. The number of nitrogens with one attached hydrogen (secondary N) is 1. The lowest BCUT2D eigenvalue weighted by Crippen LogP contribution is -2.39. The van der Waals surface area contributed by atoms with Crippen molar-refractivity contribution in [3.63, 3.8) is 0 Å². The zero-order valence-corrected chi connectivity index (χ0v) is 12.7. The molecule has 1 aliphatic rings. The van der Waals surface area contributed by atoms with Gasteiger partial charge in [-0.15, -0.1) is 0 Å². The summed E-state index contributed by atoms with van der Waals surface area (Å²) in [5, 5.41) is 3.31. The molecule has 1 unspecified atom stereocenters. The second kappa shape index (κ2) is 7.44. The van der Waals surface area contributed by atoms with Crippen molar-refractivity contribution in [3.05, 3.63) is 35.4 Å². The molecule has 3 nitrogen and oxygen atoms in total. The molecule has 1 heterocycles. The Hall–Kier alpha value is -1.35. The first-order valence-electron chi connectivity index (χ1n) is 7.75. The van der Waals surface area contributed by atoms with Gasteiger partial charge in [-0.05, 0) is 36.9 Å². The Balaban J connectivity index is 1.87. The molecule has 110 valence electrons. The predicted molar refractivity (Wildman–Crippen MR) is 82.8 cm³/mol. The fourth-order valence-corrected chi connectivity index (χ4v) is 2.68. The van der Waals surface area contributed by atoms with Gasteiger partial charge in [-0.25, -0.2) is 0 Å². The molecule has 3 heteroatoms. The van der Waals surface area contributed by atoms with Crippen molar-refractivity contribution in [1.29, 1.82) is 0 Å². The highest BCUT2D eigenvalue weighted by Crippen LogP contribution is 2.12. The summed E-state index contributed by atoms with van der Waals surface area (Å²) in [6, 6.07) is 8.89. The van der Waals surface area contributed by atoms with E-state index in [1.807, 2.05) is 11.9 Å². The van der Waals surface area contributed by atoms with E-state index in [0.29, 0.717) is 12.5 Å². The van der Waals surface area contributed by atoms with E-state index >= 15 is 0 Å².